The molecule has 4 rings (SSSR count). The van der Waals surface area contributed by atoms with E-state index in [0.29, 0.717) is 5.56 Å². The summed E-state index contributed by atoms with van der Waals surface area (Å²) in [7, 11) is -4.06. The molecule has 0 radical (unpaired) electrons. The predicted molar refractivity (Wildman–Crippen MR) is 130 cm³/mol. The molecule has 2 heterocycles. The minimum Gasteiger partial charge on any atom is -0.459 e. The number of amides is 3. The highest BCUT2D eigenvalue weighted by atomic mass is 32.2. The first kappa shape index (κ1) is 26.1. The van der Waals surface area contributed by atoms with Gasteiger partial charge in [0, 0.05) is 0 Å². The van der Waals surface area contributed by atoms with Crippen molar-refractivity contribution in [2.45, 2.75) is 49.3 Å². The van der Waals surface area contributed by atoms with Gasteiger partial charge in [-0.25, -0.2) is 18.0 Å². The lowest BCUT2D eigenvalue weighted by atomic mass is 9.96. The van der Waals surface area contributed by atoms with Crippen molar-refractivity contribution in [2.75, 3.05) is 6.54 Å². The molecule has 2 aromatic rings. The van der Waals surface area contributed by atoms with Crippen molar-refractivity contribution in [3.05, 3.63) is 71.8 Å². The lowest BCUT2D eigenvalue weighted by Crippen LogP contribution is -2.72. The monoisotopic (exact) mass is 529 g/mol. The molecule has 12 heteroatoms. The van der Waals surface area contributed by atoms with Gasteiger partial charge in [0.25, 0.3) is 0 Å². The second-order valence-corrected chi connectivity index (χ2v) is 11.9. The van der Waals surface area contributed by atoms with Gasteiger partial charge in [0.1, 0.15) is 36.6 Å². The van der Waals surface area contributed by atoms with Crippen LogP contribution in [0.4, 0.5) is 4.79 Å². The van der Waals surface area contributed by atoms with E-state index in [2.05, 4.69) is 10.6 Å². The number of nitrogens with one attached hydrogen (secondary N) is 2. The number of fused-ring (bicyclic) bond motifs is 1. The van der Waals surface area contributed by atoms with Crippen LogP contribution < -0.4 is 10.6 Å². The van der Waals surface area contributed by atoms with Crippen LogP contribution in [-0.2, 0) is 46.9 Å². The Hall–Kier alpha value is -3.93. The predicted octanol–water partition coefficient (Wildman–Crippen LogP) is 0.885. The molecular formula is C25H27N3O8S. The molecule has 3 amide bonds. The molecule has 2 aliphatic heterocycles. The maximum atomic E-state index is 13.2. The Morgan fingerprint density at radius 2 is 1.46 bits per heavy atom. The van der Waals surface area contributed by atoms with Crippen molar-refractivity contribution in [3.8, 4) is 0 Å². The van der Waals surface area contributed by atoms with Gasteiger partial charge in [0.15, 0.2) is 15.2 Å². The van der Waals surface area contributed by atoms with Crippen LogP contribution in [0.25, 0.3) is 0 Å². The fourth-order valence-electron chi connectivity index (χ4n) is 4.38. The number of carbonyl (C=O) groups excluding carboxylic acids is 4. The topological polar surface area (TPSA) is 148 Å². The van der Waals surface area contributed by atoms with E-state index < -0.39 is 62.5 Å². The molecule has 0 bridgehead atoms. The summed E-state index contributed by atoms with van der Waals surface area (Å²) in [5, 5.41) is 3.18. The third-order valence-electron chi connectivity index (χ3n) is 6.44. The van der Waals surface area contributed by atoms with Crippen LogP contribution in [-0.4, -0.2) is 65.9 Å². The van der Waals surface area contributed by atoms with Crippen molar-refractivity contribution in [1.29, 1.82) is 0 Å². The van der Waals surface area contributed by atoms with Crippen LogP contribution in [0.3, 0.4) is 0 Å². The van der Waals surface area contributed by atoms with Crippen molar-refractivity contribution < 1.29 is 37.1 Å². The third kappa shape index (κ3) is 5.01. The number of rotatable bonds is 8. The number of esters is 1. The zero-order chi connectivity index (χ0) is 26.8. The Labute approximate surface area is 214 Å². The largest absolute Gasteiger partial charge is 0.459 e. The highest BCUT2D eigenvalue weighted by Crippen LogP contribution is 2.46. The highest BCUT2D eigenvalue weighted by molar-refractivity contribution is 7.94. The average molecular weight is 530 g/mol. The Bertz CT molecular complexity index is 1300. The van der Waals surface area contributed by atoms with Gasteiger partial charge in [-0.2, -0.15) is 0 Å². The molecule has 11 nitrogen and oxygen atoms in total. The van der Waals surface area contributed by atoms with Crippen molar-refractivity contribution >= 4 is 33.7 Å². The normalized spacial score (nSPS) is 22.8. The molecule has 2 aromatic carbocycles. The quantitative estimate of drug-likeness (QED) is 0.378. The molecule has 0 aliphatic carbocycles. The van der Waals surface area contributed by atoms with Crippen molar-refractivity contribution in [3.63, 3.8) is 0 Å². The number of carbonyl (C=O) groups is 4. The Balaban J connectivity index is 1.34. The molecular weight excluding hydrogens is 502 g/mol. The number of sulfone groups is 1. The number of alkyl carbamates (subject to hydrolysis) is 1. The second kappa shape index (κ2) is 10.2. The molecule has 0 spiro atoms. The zero-order valence-corrected chi connectivity index (χ0v) is 21.1. The number of ether oxygens (including phenoxy) is 2. The number of nitrogens with zero attached hydrogens (tertiary/aromatic N) is 1. The van der Waals surface area contributed by atoms with Gasteiger partial charge in [0.05, 0.1) is 0 Å². The summed E-state index contributed by atoms with van der Waals surface area (Å²) >= 11 is 0. The molecule has 3 atom stereocenters. The standard InChI is InChI=1S/C25H27N3O8S/c1-25(2)20(23(31)35-14-16-9-5-3-6-10-16)28-21(30)19(22(28)37(25,33)34)27-18(29)13-26-24(32)36-15-17-11-7-4-8-12-17/h3-12,19-20,22H,13-15H2,1-2H3,(H,26,32)(H,27,29)/t19-,20+,22-/m1/s1. The number of benzene rings is 2. The molecule has 37 heavy (non-hydrogen) atoms. The van der Waals surface area contributed by atoms with E-state index in [1.807, 2.05) is 6.07 Å². The van der Waals surface area contributed by atoms with Crippen LogP contribution in [0.2, 0.25) is 0 Å². The highest BCUT2D eigenvalue weighted by Gasteiger charge is 2.72. The van der Waals surface area contributed by atoms with Gasteiger partial charge < -0.3 is 25.0 Å². The molecule has 0 unspecified atom stereocenters. The molecule has 2 N–H and O–H groups in total. The summed E-state index contributed by atoms with van der Waals surface area (Å²) in [6, 6.07) is 15.0. The van der Waals surface area contributed by atoms with Crippen LogP contribution in [0.15, 0.2) is 60.7 Å². The van der Waals surface area contributed by atoms with Gasteiger partial charge in [0.2, 0.25) is 11.8 Å². The molecule has 0 aromatic heterocycles. The first-order valence-electron chi connectivity index (χ1n) is 11.5. The minimum absolute atomic E-state index is 0.00151. The maximum Gasteiger partial charge on any atom is 0.407 e. The van der Waals surface area contributed by atoms with Crippen molar-refractivity contribution in [2.24, 2.45) is 0 Å². The van der Waals surface area contributed by atoms with E-state index in [0.717, 1.165) is 10.5 Å². The summed E-state index contributed by atoms with van der Waals surface area (Å²) in [6.07, 6.45) is -0.851. The maximum absolute atomic E-state index is 13.2. The zero-order valence-electron chi connectivity index (χ0n) is 20.2. The van der Waals surface area contributed by atoms with Gasteiger partial charge in [-0.05, 0) is 25.0 Å². The minimum atomic E-state index is -4.06. The lowest BCUT2D eigenvalue weighted by molar-refractivity contribution is -0.165. The van der Waals surface area contributed by atoms with Gasteiger partial charge >= 0.3 is 12.1 Å². The Morgan fingerprint density at radius 1 is 0.919 bits per heavy atom. The first-order valence-corrected chi connectivity index (χ1v) is 13.1. The first-order chi connectivity index (χ1) is 17.5. The van der Waals surface area contributed by atoms with Crippen LogP contribution >= 0.6 is 0 Å². The van der Waals surface area contributed by atoms with E-state index >= 15 is 0 Å². The average Bonchev–Trinajstić information content (AvgIpc) is 3.03. The Kier molecular flexibility index (Phi) is 7.21. The van der Waals surface area contributed by atoms with Crippen LogP contribution in [0.5, 0.6) is 0 Å². The van der Waals surface area contributed by atoms with E-state index in [1.54, 1.807) is 54.6 Å². The molecule has 0 saturated carbocycles. The second-order valence-electron chi connectivity index (χ2n) is 9.24. The SMILES string of the molecule is CC1(C)[C@H](C(=O)OCc2ccccc2)N2C(=O)[C@@H](NC(=O)CNC(=O)OCc3ccccc3)[C@H]2S1(=O)=O. The van der Waals surface area contributed by atoms with Gasteiger partial charge in [-0.15, -0.1) is 0 Å². The lowest BCUT2D eigenvalue weighted by Gasteiger charge is -2.43. The molecule has 2 aliphatic rings. The summed E-state index contributed by atoms with van der Waals surface area (Å²) in [4.78, 5) is 51.0. The molecule has 196 valence electrons. The third-order valence-corrected chi connectivity index (χ3v) is 9.26. The molecule has 2 saturated heterocycles. The van der Waals surface area contributed by atoms with E-state index in [9.17, 15) is 27.6 Å². The fraction of sp³-hybridized carbons (Fsp3) is 0.360. The van der Waals surface area contributed by atoms with Gasteiger partial charge in [-0.1, -0.05) is 60.7 Å². The smallest absolute Gasteiger partial charge is 0.407 e. The summed E-state index contributed by atoms with van der Waals surface area (Å²) in [5.41, 5.74) is 1.47. The number of hydrogen-bond donors (Lipinski definition) is 2. The number of hydrogen-bond acceptors (Lipinski definition) is 8. The van der Waals surface area contributed by atoms with E-state index in [1.165, 1.54) is 13.8 Å². The molecule has 2 fully saturated rings. The van der Waals surface area contributed by atoms with E-state index in [4.69, 9.17) is 9.47 Å². The van der Waals surface area contributed by atoms with Gasteiger partial charge in [-0.3, -0.25) is 9.59 Å². The van der Waals surface area contributed by atoms with Crippen LogP contribution in [0, 0.1) is 0 Å². The van der Waals surface area contributed by atoms with Crippen molar-refractivity contribution in [1.82, 2.24) is 15.5 Å². The summed E-state index contributed by atoms with van der Waals surface area (Å²) < 4.78 is 35.2. The Morgan fingerprint density at radius 3 is 2.03 bits per heavy atom. The van der Waals surface area contributed by atoms with E-state index in [-0.39, 0.29) is 13.2 Å². The fourth-order valence-corrected chi connectivity index (χ4v) is 6.59. The summed E-state index contributed by atoms with van der Waals surface area (Å²) in [5.74, 6) is -2.35. The number of β-lactam (4-membered cyclic amide) rings is 1. The summed E-state index contributed by atoms with van der Waals surface area (Å²) in [6.45, 7) is 2.10. The van der Waals surface area contributed by atoms with Crippen LogP contribution in [0.1, 0.15) is 25.0 Å².